The number of hydrogen-bond donors (Lipinski definition) is 3. The van der Waals surface area contributed by atoms with Crippen LogP contribution in [0.25, 0.3) is 0 Å². The zero-order valence-electron chi connectivity index (χ0n) is 6.36. The molecule has 0 aliphatic carbocycles. The van der Waals surface area contributed by atoms with Crippen molar-refractivity contribution in [3.05, 3.63) is 23.2 Å². The van der Waals surface area contributed by atoms with Crippen LogP contribution in [-0.4, -0.2) is 13.0 Å². The monoisotopic (exact) mass is 222 g/mol. The average Bonchev–Trinajstić information content (AvgIpc) is 2.01. The molecule has 0 aliphatic heterocycles. The number of benzene rings is 1. The molecule has 0 aliphatic rings. The summed E-state index contributed by atoms with van der Waals surface area (Å²) >= 11 is 5.57. The van der Waals surface area contributed by atoms with E-state index in [0.717, 1.165) is 6.07 Å². The zero-order chi connectivity index (χ0) is 10.1. The van der Waals surface area contributed by atoms with Gasteiger partial charge in [0.1, 0.15) is 4.90 Å². The Kier molecular flexibility index (Phi) is 2.77. The highest BCUT2D eigenvalue weighted by Crippen LogP contribution is 2.23. The maximum Gasteiger partial charge on any atom is 0.296 e. The van der Waals surface area contributed by atoms with Crippen LogP contribution < -0.4 is 11.3 Å². The van der Waals surface area contributed by atoms with Crippen molar-refractivity contribution in [2.24, 2.45) is 5.84 Å². The second-order valence-corrected chi connectivity index (χ2v) is 4.09. The third-order valence-corrected chi connectivity index (χ3v) is 2.52. The van der Waals surface area contributed by atoms with Gasteiger partial charge in [-0.3, -0.25) is 10.4 Å². The van der Waals surface area contributed by atoms with E-state index < -0.39 is 10.1 Å². The Morgan fingerprint density at radius 2 is 2.08 bits per heavy atom. The predicted octanol–water partition coefficient (Wildman–Crippen LogP) is 0.872. The lowest BCUT2D eigenvalue weighted by atomic mass is 10.3. The highest BCUT2D eigenvalue weighted by atomic mass is 35.5. The second kappa shape index (κ2) is 3.51. The Morgan fingerprint density at radius 3 is 2.54 bits per heavy atom. The van der Waals surface area contributed by atoms with Crippen LogP contribution in [0.5, 0.6) is 0 Å². The quantitative estimate of drug-likeness (QED) is 0.392. The smallest absolute Gasteiger partial charge is 0.296 e. The predicted molar refractivity (Wildman–Crippen MR) is 49.1 cm³/mol. The largest absolute Gasteiger partial charge is 0.323 e. The Bertz CT molecular complexity index is 418. The Labute approximate surface area is 80.2 Å². The molecule has 1 rings (SSSR count). The van der Waals surface area contributed by atoms with E-state index in [2.05, 4.69) is 5.43 Å². The number of nitrogens with one attached hydrogen (secondary N) is 1. The molecule has 0 spiro atoms. The summed E-state index contributed by atoms with van der Waals surface area (Å²) in [6, 6.07) is 3.79. The van der Waals surface area contributed by atoms with E-state index in [-0.39, 0.29) is 10.6 Å². The van der Waals surface area contributed by atoms with Gasteiger partial charge in [-0.15, -0.1) is 0 Å². The van der Waals surface area contributed by atoms with E-state index in [1.54, 1.807) is 0 Å². The van der Waals surface area contributed by atoms with Crippen LogP contribution >= 0.6 is 11.6 Å². The van der Waals surface area contributed by atoms with Crippen molar-refractivity contribution < 1.29 is 13.0 Å². The van der Waals surface area contributed by atoms with Crippen molar-refractivity contribution in [3.8, 4) is 0 Å². The molecule has 0 atom stereocenters. The van der Waals surface area contributed by atoms with Crippen molar-refractivity contribution in [3.63, 3.8) is 0 Å². The highest BCUT2D eigenvalue weighted by Gasteiger charge is 2.14. The zero-order valence-corrected chi connectivity index (χ0v) is 7.93. The third kappa shape index (κ3) is 2.31. The van der Waals surface area contributed by atoms with Crippen LogP contribution in [0.15, 0.2) is 23.1 Å². The molecule has 4 N–H and O–H groups in total. The van der Waals surface area contributed by atoms with Gasteiger partial charge in [0, 0.05) is 5.02 Å². The minimum Gasteiger partial charge on any atom is -0.323 e. The van der Waals surface area contributed by atoms with Crippen molar-refractivity contribution in [1.29, 1.82) is 0 Å². The lowest BCUT2D eigenvalue weighted by molar-refractivity contribution is 0.483. The fourth-order valence-corrected chi connectivity index (χ4v) is 1.65. The first kappa shape index (κ1) is 10.3. The van der Waals surface area contributed by atoms with E-state index in [9.17, 15) is 8.42 Å². The van der Waals surface area contributed by atoms with Crippen molar-refractivity contribution in [1.82, 2.24) is 0 Å². The van der Waals surface area contributed by atoms with Crippen LogP contribution in [0.3, 0.4) is 0 Å². The molecular weight excluding hydrogens is 216 g/mol. The molecule has 0 amide bonds. The van der Waals surface area contributed by atoms with Gasteiger partial charge in [0.05, 0.1) is 5.69 Å². The first-order chi connectivity index (χ1) is 5.95. The standard InChI is InChI=1S/C6H7ClN2O3S/c7-4-1-2-6(13(10,11)12)5(3-4)9-8/h1-3,9H,8H2,(H,10,11,12). The van der Waals surface area contributed by atoms with Gasteiger partial charge in [0.25, 0.3) is 10.1 Å². The summed E-state index contributed by atoms with van der Waals surface area (Å²) in [6.45, 7) is 0. The molecular formula is C6H7ClN2O3S. The number of rotatable bonds is 2. The summed E-state index contributed by atoms with van der Waals surface area (Å²) in [5.41, 5.74) is 2.17. The van der Waals surface area contributed by atoms with Gasteiger partial charge in [0.2, 0.25) is 0 Å². The van der Waals surface area contributed by atoms with Gasteiger partial charge < -0.3 is 5.43 Å². The SMILES string of the molecule is NNc1cc(Cl)ccc1S(=O)(=O)O. The molecule has 1 aromatic carbocycles. The van der Waals surface area contributed by atoms with Gasteiger partial charge in [-0.25, -0.2) is 0 Å². The molecule has 72 valence electrons. The van der Waals surface area contributed by atoms with Gasteiger partial charge in [-0.05, 0) is 18.2 Å². The molecule has 0 aromatic heterocycles. The molecule has 0 heterocycles. The Balaban J connectivity index is 3.39. The third-order valence-electron chi connectivity index (χ3n) is 1.38. The van der Waals surface area contributed by atoms with Crippen LogP contribution in [0.2, 0.25) is 5.02 Å². The van der Waals surface area contributed by atoms with Gasteiger partial charge >= 0.3 is 0 Å². The Hall–Kier alpha value is -0.820. The van der Waals surface area contributed by atoms with Crippen LogP contribution in [0.4, 0.5) is 5.69 Å². The van der Waals surface area contributed by atoms with E-state index in [1.165, 1.54) is 12.1 Å². The molecule has 0 fully saturated rings. The number of nitrogens with two attached hydrogens (primary N) is 1. The molecule has 0 bridgehead atoms. The minimum absolute atomic E-state index is 0.0509. The van der Waals surface area contributed by atoms with Crippen LogP contribution in [0, 0.1) is 0 Å². The maximum absolute atomic E-state index is 10.7. The molecule has 0 saturated heterocycles. The van der Waals surface area contributed by atoms with Crippen molar-refractivity contribution >= 4 is 27.4 Å². The second-order valence-electron chi connectivity index (χ2n) is 2.26. The summed E-state index contributed by atoms with van der Waals surface area (Å²) in [4.78, 5) is -0.306. The lowest BCUT2D eigenvalue weighted by Crippen LogP contribution is -2.11. The van der Waals surface area contributed by atoms with E-state index in [1.807, 2.05) is 0 Å². The Morgan fingerprint density at radius 1 is 1.46 bits per heavy atom. The average molecular weight is 223 g/mol. The van der Waals surface area contributed by atoms with Crippen molar-refractivity contribution in [2.75, 3.05) is 5.43 Å². The number of hydrazine groups is 1. The molecule has 5 nitrogen and oxygen atoms in total. The summed E-state index contributed by atoms with van der Waals surface area (Å²) < 4.78 is 30.2. The molecule has 13 heavy (non-hydrogen) atoms. The minimum atomic E-state index is -4.26. The lowest BCUT2D eigenvalue weighted by Gasteiger charge is -2.05. The van der Waals surface area contributed by atoms with Gasteiger partial charge in [-0.2, -0.15) is 8.42 Å². The summed E-state index contributed by atoms with van der Waals surface area (Å²) in [6.07, 6.45) is 0. The topological polar surface area (TPSA) is 92.4 Å². The number of anilines is 1. The molecule has 0 saturated carbocycles. The summed E-state index contributed by atoms with van der Waals surface area (Å²) in [5.74, 6) is 5.03. The molecule has 0 radical (unpaired) electrons. The number of nitrogen functional groups attached to an aromatic ring is 1. The first-order valence-corrected chi connectivity index (χ1v) is 5.00. The maximum atomic E-state index is 10.7. The van der Waals surface area contributed by atoms with E-state index in [4.69, 9.17) is 22.0 Å². The first-order valence-electron chi connectivity index (χ1n) is 3.19. The molecule has 7 heteroatoms. The fraction of sp³-hybridized carbons (Fsp3) is 0. The van der Waals surface area contributed by atoms with Gasteiger partial charge in [0.15, 0.2) is 0 Å². The highest BCUT2D eigenvalue weighted by molar-refractivity contribution is 7.86. The van der Waals surface area contributed by atoms with Crippen LogP contribution in [0.1, 0.15) is 0 Å². The van der Waals surface area contributed by atoms with E-state index in [0.29, 0.717) is 5.02 Å². The summed E-state index contributed by atoms with van der Waals surface area (Å²) in [7, 11) is -4.26. The number of halogens is 1. The fourth-order valence-electron chi connectivity index (χ4n) is 0.840. The van der Waals surface area contributed by atoms with Crippen LogP contribution in [-0.2, 0) is 10.1 Å². The van der Waals surface area contributed by atoms with Crippen molar-refractivity contribution in [2.45, 2.75) is 4.90 Å². The van der Waals surface area contributed by atoms with Gasteiger partial charge in [-0.1, -0.05) is 11.6 Å². The molecule has 1 aromatic rings. The summed E-state index contributed by atoms with van der Waals surface area (Å²) in [5, 5.41) is 0.320. The molecule has 0 unspecified atom stereocenters. The number of hydrogen-bond acceptors (Lipinski definition) is 4. The van der Waals surface area contributed by atoms with E-state index >= 15 is 0 Å². The normalized spacial score (nSPS) is 11.3.